The molecule has 0 spiro atoms. The second-order valence-corrected chi connectivity index (χ2v) is 4.00. The molecule has 1 heterocycles. The molecule has 1 unspecified atom stereocenters. The van der Waals surface area contributed by atoms with Gasteiger partial charge in [0, 0.05) is 11.7 Å². The van der Waals surface area contributed by atoms with Crippen molar-refractivity contribution in [2.45, 2.75) is 33.2 Å². The van der Waals surface area contributed by atoms with E-state index < -0.39 is 0 Å². The molecule has 0 saturated carbocycles. The smallest absolute Gasteiger partial charge is 0.258 e. The number of hydrogen-bond donors (Lipinski definition) is 2. The molecule has 0 bridgehead atoms. The molecule has 1 aromatic heterocycles. The van der Waals surface area contributed by atoms with Crippen LogP contribution in [-0.2, 0) is 4.79 Å². The van der Waals surface area contributed by atoms with Gasteiger partial charge in [-0.3, -0.25) is 4.79 Å². The number of aromatic nitrogens is 1. The predicted octanol–water partition coefficient (Wildman–Crippen LogP) is 1.27. The highest BCUT2D eigenvalue weighted by atomic mass is 16.5. The first-order valence-electron chi connectivity index (χ1n) is 5.68. The number of rotatable bonds is 5. The van der Waals surface area contributed by atoms with Crippen LogP contribution in [0, 0.1) is 6.92 Å². The van der Waals surface area contributed by atoms with Crippen LogP contribution in [0.3, 0.4) is 0 Å². The molecule has 0 fully saturated rings. The van der Waals surface area contributed by atoms with Gasteiger partial charge in [0.15, 0.2) is 18.2 Å². The van der Waals surface area contributed by atoms with Gasteiger partial charge in [0.05, 0.1) is 0 Å². The second-order valence-electron chi connectivity index (χ2n) is 4.00. The van der Waals surface area contributed by atoms with Crippen molar-refractivity contribution in [1.82, 2.24) is 10.3 Å². The number of hydrogen-bond acceptors (Lipinski definition) is 4. The Morgan fingerprint density at radius 3 is 2.88 bits per heavy atom. The van der Waals surface area contributed by atoms with Crippen LogP contribution in [-0.4, -0.2) is 23.5 Å². The van der Waals surface area contributed by atoms with Gasteiger partial charge in [-0.25, -0.2) is 4.98 Å². The fraction of sp³-hybridized carbons (Fsp3) is 0.500. The number of ether oxygens (including phenoxy) is 1. The molecule has 1 amide bonds. The van der Waals surface area contributed by atoms with Crippen LogP contribution in [0.25, 0.3) is 0 Å². The highest BCUT2D eigenvalue weighted by molar-refractivity contribution is 5.77. The van der Waals surface area contributed by atoms with Gasteiger partial charge in [-0.2, -0.15) is 0 Å². The van der Waals surface area contributed by atoms with E-state index in [4.69, 9.17) is 10.5 Å². The van der Waals surface area contributed by atoms with Crippen molar-refractivity contribution in [2.24, 2.45) is 0 Å². The zero-order chi connectivity index (χ0) is 12.8. The summed E-state index contributed by atoms with van der Waals surface area (Å²) in [6.07, 6.45) is 0.889. The number of nitrogens with one attached hydrogen (secondary N) is 1. The summed E-state index contributed by atoms with van der Waals surface area (Å²) in [6.45, 7) is 5.75. The Kier molecular flexibility index (Phi) is 4.75. The lowest BCUT2D eigenvalue weighted by Crippen LogP contribution is -2.35. The first kappa shape index (κ1) is 13.3. The quantitative estimate of drug-likeness (QED) is 0.808. The lowest BCUT2D eigenvalue weighted by Gasteiger charge is -2.12. The number of carbonyl (C=O) groups is 1. The van der Waals surface area contributed by atoms with Gasteiger partial charge in [-0.1, -0.05) is 6.92 Å². The number of aryl methyl sites for hydroxylation is 1. The summed E-state index contributed by atoms with van der Waals surface area (Å²) >= 11 is 0. The molecule has 94 valence electrons. The van der Waals surface area contributed by atoms with Gasteiger partial charge in [-0.05, 0) is 32.4 Å². The molecule has 0 radical (unpaired) electrons. The van der Waals surface area contributed by atoms with Crippen molar-refractivity contribution in [3.05, 3.63) is 17.8 Å². The van der Waals surface area contributed by atoms with Gasteiger partial charge in [0.2, 0.25) is 0 Å². The van der Waals surface area contributed by atoms with Crippen molar-refractivity contribution in [3.63, 3.8) is 0 Å². The van der Waals surface area contributed by atoms with E-state index in [1.807, 2.05) is 20.8 Å². The van der Waals surface area contributed by atoms with Crippen molar-refractivity contribution < 1.29 is 9.53 Å². The minimum Gasteiger partial charge on any atom is -0.480 e. The van der Waals surface area contributed by atoms with E-state index in [1.54, 1.807) is 12.1 Å². The summed E-state index contributed by atoms with van der Waals surface area (Å²) in [4.78, 5) is 15.5. The molecule has 1 aromatic rings. The Labute approximate surface area is 101 Å². The van der Waals surface area contributed by atoms with E-state index in [1.165, 1.54) is 0 Å². The van der Waals surface area contributed by atoms with Crippen molar-refractivity contribution in [1.29, 1.82) is 0 Å². The Bertz CT molecular complexity index is 393. The Hall–Kier alpha value is -1.78. The third kappa shape index (κ3) is 4.30. The fourth-order valence-electron chi connectivity index (χ4n) is 1.25. The topological polar surface area (TPSA) is 77.2 Å². The van der Waals surface area contributed by atoms with E-state index in [0.29, 0.717) is 11.6 Å². The predicted molar refractivity (Wildman–Crippen MR) is 66.8 cm³/mol. The molecule has 5 heteroatoms. The van der Waals surface area contributed by atoms with E-state index in [9.17, 15) is 4.79 Å². The Morgan fingerprint density at radius 1 is 1.59 bits per heavy atom. The summed E-state index contributed by atoms with van der Waals surface area (Å²) in [6, 6.07) is 3.66. The van der Waals surface area contributed by atoms with Crippen LogP contribution >= 0.6 is 0 Å². The summed E-state index contributed by atoms with van der Waals surface area (Å²) in [5, 5.41) is 2.81. The number of pyridine rings is 1. The first-order valence-corrected chi connectivity index (χ1v) is 5.68. The second kappa shape index (κ2) is 6.08. The zero-order valence-corrected chi connectivity index (χ0v) is 10.5. The molecule has 1 rings (SSSR count). The molecule has 17 heavy (non-hydrogen) atoms. The van der Waals surface area contributed by atoms with Gasteiger partial charge in [0.25, 0.3) is 5.91 Å². The molecule has 0 aliphatic rings. The number of carbonyl (C=O) groups excluding carboxylic acids is 1. The average molecular weight is 237 g/mol. The maximum absolute atomic E-state index is 11.5. The Balaban J connectivity index is 2.47. The largest absolute Gasteiger partial charge is 0.480 e. The molecule has 0 aliphatic carbocycles. The third-order valence-electron chi connectivity index (χ3n) is 2.40. The number of nitrogen functional groups attached to an aromatic ring is 1. The van der Waals surface area contributed by atoms with Crippen LogP contribution in [0.2, 0.25) is 0 Å². The Morgan fingerprint density at radius 2 is 2.29 bits per heavy atom. The minimum atomic E-state index is -0.153. The molecule has 0 saturated heterocycles. The summed E-state index contributed by atoms with van der Waals surface area (Å²) in [5.74, 6) is 0.593. The average Bonchev–Trinajstić information content (AvgIpc) is 2.27. The fourth-order valence-corrected chi connectivity index (χ4v) is 1.25. The van der Waals surface area contributed by atoms with Crippen molar-refractivity contribution in [3.8, 4) is 5.75 Å². The van der Waals surface area contributed by atoms with Crippen LogP contribution in [0.15, 0.2) is 12.1 Å². The van der Waals surface area contributed by atoms with Gasteiger partial charge in [-0.15, -0.1) is 0 Å². The molecule has 0 aromatic carbocycles. The third-order valence-corrected chi connectivity index (χ3v) is 2.40. The van der Waals surface area contributed by atoms with E-state index in [2.05, 4.69) is 10.3 Å². The molecule has 1 atom stereocenters. The summed E-state index contributed by atoms with van der Waals surface area (Å²) in [7, 11) is 0. The lowest BCUT2D eigenvalue weighted by molar-refractivity contribution is -0.123. The molecule has 3 N–H and O–H groups in total. The minimum absolute atomic E-state index is 0.0424. The zero-order valence-electron chi connectivity index (χ0n) is 10.5. The van der Waals surface area contributed by atoms with E-state index in [0.717, 1.165) is 12.1 Å². The van der Waals surface area contributed by atoms with Gasteiger partial charge >= 0.3 is 0 Å². The lowest BCUT2D eigenvalue weighted by atomic mass is 10.2. The molecule has 0 aliphatic heterocycles. The normalized spacial score (nSPS) is 11.9. The first-order chi connectivity index (χ1) is 8.02. The van der Waals surface area contributed by atoms with Crippen LogP contribution in [0.5, 0.6) is 5.75 Å². The highest BCUT2D eigenvalue weighted by Gasteiger charge is 2.08. The van der Waals surface area contributed by atoms with Gasteiger partial charge < -0.3 is 15.8 Å². The van der Waals surface area contributed by atoms with E-state index in [-0.39, 0.29) is 18.6 Å². The maximum atomic E-state index is 11.5. The molecule has 5 nitrogen and oxygen atoms in total. The summed E-state index contributed by atoms with van der Waals surface area (Å²) in [5.41, 5.74) is 6.49. The highest BCUT2D eigenvalue weighted by Crippen LogP contribution is 2.18. The number of amides is 1. The van der Waals surface area contributed by atoms with Gasteiger partial charge in [0.1, 0.15) is 0 Å². The van der Waals surface area contributed by atoms with Crippen LogP contribution in [0.4, 0.5) is 5.82 Å². The van der Waals surface area contributed by atoms with Crippen LogP contribution in [0.1, 0.15) is 26.0 Å². The number of nitrogens with two attached hydrogens (primary N) is 1. The molecular formula is C12H19N3O2. The SMILES string of the molecule is CCC(C)NC(=O)COc1ccc(C)nc1N. The number of anilines is 1. The van der Waals surface area contributed by atoms with E-state index >= 15 is 0 Å². The molecular weight excluding hydrogens is 218 g/mol. The monoisotopic (exact) mass is 237 g/mol. The summed E-state index contributed by atoms with van der Waals surface area (Å²) < 4.78 is 5.30. The van der Waals surface area contributed by atoms with Crippen molar-refractivity contribution >= 4 is 11.7 Å². The standard InChI is InChI=1S/C12H19N3O2/c1-4-8(2)14-11(16)7-17-10-6-5-9(3)15-12(10)13/h5-6,8H,4,7H2,1-3H3,(H2,13,15)(H,14,16). The maximum Gasteiger partial charge on any atom is 0.258 e. The van der Waals surface area contributed by atoms with Crippen molar-refractivity contribution in [2.75, 3.05) is 12.3 Å². The van der Waals surface area contributed by atoms with Crippen LogP contribution < -0.4 is 15.8 Å². The number of nitrogens with zero attached hydrogens (tertiary/aromatic N) is 1.